The van der Waals surface area contributed by atoms with E-state index >= 15 is 0 Å². The van der Waals surface area contributed by atoms with Crippen LogP contribution in [0.5, 0.6) is 0 Å². The molecule has 7 unspecified atom stereocenters. The molecule has 0 radical (unpaired) electrons. The van der Waals surface area contributed by atoms with Crippen molar-refractivity contribution >= 4 is 5.97 Å². The standard InChI is InChI=1S/C32H52N2O2/c1-19(2)22-14-17-34-29(22)18-20(3)24-10-11-25-23-8-9-27-30(36-21(4)35)28(33-7)13-16-32(27,6)26(23)12-15-31(24,25)5/h8,20,24-30,33-34H,9-18H2,1-7H3/t20?,24?,25?,26?,27?,28?,29?,30-,31-,32-/m1/s1. The van der Waals surface area contributed by atoms with E-state index in [0.717, 1.165) is 37.1 Å². The monoisotopic (exact) mass is 496 g/mol. The molecular formula is C32H52N2O2. The summed E-state index contributed by atoms with van der Waals surface area (Å²) in [5.74, 6) is 3.29. The minimum Gasteiger partial charge on any atom is -0.461 e. The first-order chi connectivity index (χ1) is 17.1. The van der Waals surface area contributed by atoms with Gasteiger partial charge in [-0.25, -0.2) is 0 Å². The van der Waals surface area contributed by atoms with Crippen LogP contribution in [0.2, 0.25) is 0 Å². The highest BCUT2D eigenvalue weighted by Gasteiger charge is 2.60. The third-order valence-electron chi connectivity index (χ3n) is 12.0. The number of fused-ring (bicyclic) bond motifs is 5. The summed E-state index contributed by atoms with van der Waals surface area (Å²) in [4.78, 5) is 12.0. The lowest BCUT2D eigenvalue weighted by Crippen LogP contribution is -2.58. The molecule has 1 heterocycles. The number of hydrogen-bond acceptors (Lipinski definition) is 4. The number of rotatable bonds is 5. The second kappa shape index (κ2) is 9.88. The van der Waals surface area contributed by atoms with E-state index in [4.69, 9.17) is 4.74 Å². The van der Waals surface area contributed by atoms with Crippen LogP contribution in [0.15, 0.2) is 22.8 Å². The number of nitrogens with one attached hydrogen (secondary N) is 2. The van der Waals surface area contributed by atoms with Gasteiger partial charge in [-0.15, -0.1) is 0 Å². The zero-order valence-electron chi connectivity index (χ0n) is 24.1. The van der Waals surface area contributed by atoms with E-state index in [9.17, 15) is 4.79 Å². The van der Waals surface area contributed by atoms with Crippen LogP contribution in [0.25, 0.3) is 0 Å². The molecule has 5 rings (SSSR count). The van der Waals surface area contributed by atoms with Crippen LogP contribution >= 0.6 is 0 Å². The Morgan fingerprint density at radius 3 is 2.53 bits per heavy atom. The Hall–Kier alpha value is -1.13. The van der Waals surface area contributed by atoms with Crippen LogP contribution in [0.3, 0.4) is 0 Å². The van der Waals surface area contributed by atoms with Gasteiger partial charge in [-0.1, -0.05) is 43.6 Å². The maximum absolute atomic E-state index is 12.0. The number of hydrogen-bond donors (Lipinski definition) is 2. The second-order valence-electron chi connectivity index (χ2n) is 13.9. The van der Waals surface area contributed by atoms with Crippen molar-refractivity contribution in [2.24, 2.45) is 40.4 Å². The Labute approximate surface area is 220 Å². The number of carbonyl (C=O) groups excluding carboxylic acids is 1. The normalized spacial score (nSPS) is 44.8. The van der Waals surface area contributed by atoms with Gasteiger partial charge in [0, 0.05) is 24.9 Å². The molecule has 0 aromatic rings. The molecule has 202 valence electrons. The fourth-order valence-electron chi connectivity index (χ4n) is 10.2. The Morgan fingerprint density at radius 2 is 1.83 bits per heavy atom. The van der Waals surface area contributed by atoms with E-state index in [-0.39, 0.29) is 23.5 Å². The number of esters is 1. The topological polar surface area (TPSA) is 50.4 Å². The average Bonchev–Trinajstić information content (AvgIpc) is 3.42. The molecule has 10 atom stereocenters. The van der Waals surface area contributed by atoms with Gasteiger partial charge < -0.3 is 15.4 Å². The summed E-state index contributed by atoms with van der Waals surface area (Å²) in [6, 6.07) is 0.875. The molecule has 4 nitrogen and oxygen atoms in total. The van der Waals surface area contributed by atoms with E-state index in [1.54, 1.807) is 18.1 Å². The van der Waals surface area contributed by atoms with Gasteiger partial charge in [0.25, 0.3) is 0 Å². The predicted octanol–water partition coefficient (Wildman–Crippen LogP) is 6.42. The van der Waals surface area contributed by atoms with Crippen LogP contribution in [0.4, 0.5) is 0 Å². The summed E-state index contributed by atoms with van der Waals surface area (Å²) in [6.45, 7) is 15.1. The minimum atomic E-state index is -0.129. The SMILES string of the molecule is CNC1CC[C@]2(C)C3CC[C@@]4(C)C(CCC4C(C)CC4NCCC4=C(C)C)C3=CCC2[C@H]1OC(C)=O. The number of carbonyl (C=O) groups is 1. The second-order valence-corrected chi connectivity index (χ2v) is 13.9. The quantitative estimate of drug-likeness (QED) is 0.341. The van der Waals surface area contributed by atoms with Crippen molar-refractivity contribution in [3.8, 4) is 0 Å². The summed E-state index contributed by atoms with van der Waals surface area (Å²) in [7, 11) is 2.03. The van der Waals surface area contributed by atoms with Gasteiger partial charge in [0.15, 0.2) is 0 Å². The molecule has 1 saturated heterocycles. The summed E-state index contributed by atoms with van der Waals surface area (Å²) in [5.41, 5.74) is 5.69. The highest BCUT2D eigenvalue weighted by molar-refractivity contribution is 5.66. The van der Waals surface area contributed by atoms with Gasteiger partial charge in [-0.2, -0.15) is 0 Å². The summed E-state index contributed by atoms with van der Waals surface area (Å²) >= 11 is 0. The van der Waals surface area contributed by atoms with Crippen molar-refractivity contribution in [1.82, 2.24) is 10.6 Å². The molecule has 4 aliphatic carbocycles. The van der Waals surface area contributed by atoms with Gasteiger partial charge in [-0.3, -0.25) is 4.79 Å². The van der Waals surface area contributed by atoms with Crippen molar-refractivity contribution in [3.63, 3.8) is 0 Å². The van der Waals surface area contributed by atoms with Crippen molar-refractivity contribution < 1.29 is 9.53 Å². The van der Waals surface area contributed by atoms with Crippen molar-refractivity contribution in [3.05, 3.63) is 22.8 Å². The summed E-state index contributed by atoms with van der Waals surface area (Å²) in [6.07, 6.45) is 14.0. The van der Waals surface area contributed by atoms with Crippen LogP contribution in [0.1, 0.15) is 99.3 Å². The zero-order chi connectivity index (χ0) is 25.8. The molecule has 4 heteroatoms. The lowest BCUT2D eigenvalue weighted by Gasteiger charge is -2.59. The largest absolute Gasteiger partial charge is 0.461 e. The fraction of sp³-hybridized carbons (Fsp3) is 0.844. The maximum Gasteiger partial charge on any atom is 0.302 e. The first-order valence-corrected chi connectivity index (χ1v) is 15.0. The summed E-state index contributed by atoms with van der Waals surface area (Å²) in [5, 5.41) is 7.30. The third kappa shape index (κ3) is 4.23. The third-order valence-corrected chi connectivity index (χ3v) is 12.0. The molecule has 36 heavy (non-hydrogen) atoms. The highest BCUT2D eigenvalue weighted by atomic mass is 16.5. The minimum absolute atomic E-state index is 0.00288. The number of ether oxygens (including phenoxy) is 1. The number of likely N-dealkylation sites (N-methyl/N-ethyl adjacent to an activating group) is 1. The van der Waals surface area contributed by atoms with Crippen molar-refractivity contribution in [2.75, 3.05) is 13.6 Å². The Kier molecular flexibility index (Phi) is 7.26. The van der Waals surface area contributed by atoms with Crippen molar-refractivity contribution in [1.29, 1.82) is 0 Å². The zero-order valence-corrected chi connectivity index (χ0v) is 24.1. The lowest BCUT2D eigenvalue weighted by molar-refractivity contribution is -0.162. The molecule has 0 amide bonds. The molecule has 0 bridgehead atoms. The Bertz CT molecular complexity index is 919. The van der Waals surface area contributed by atoms with E-state index in [2.05, 4.69) is 51.3 Å². The van der Waals surface area contributed by atoms with E-state index in [1.165, 1.54) is 50.5 Å². The van der Waals surface area contributed by atoms with Gasteiger partial charge in [-0.05, 0) is 120 Å². The molecule has 5 aliphatic rings. The molecular weight excluding hydrogens is 444 g/mol. The predicted molar refractivity (Wildman–Crippen MR) is 148 cm³/mol. The average molecular weight is 497 g/mol. The van der Waals surface area contributed by atoms with Crippen LogP contribution in [-0.4, -0.2) is 37.7 Å². The molecule has 4 fully saturated rings. The van der Waals surface area contributed by atoms with Gasteiger partial charge in [0.05, 0.1) is 0 Å². The highest BCUT2D eigenvalue weighted by Crippen LogP contribution is 2.67. The van der Waals surface area contributed by atoms with E-state index < -0.39 is 0 Å². The molecule has 1 aliphatic heterocycles. The fourth-order valence-corrected chi connectivity index (χ4v) is 10.2. The first-order valence-electron chi connectivity index (χ1n) is 15.0. The molecule has 0 spiro atoms. The molecule has 3 saturated carbocycles. The van der Waals surface area contributed by atoms with Crippen LogP contribution in [-0.2, 0) is 9.53 Å². The van der Waals surface area contributed by atoms with Gasteiger partial charge in [0.1, 0.15) is 6.10 Å². The number of allylic oxidation sites excluding steroid dienone is 3. The summed E-state index contributed by atoms with van der Waals surface area (Å²) < 4.78 is 6.01. The molecule has 0 aromatic heterocycles. The Balaban J connectivity index is 1.37. The van der Waals surface area contributed by atoms with Gasteiger partial charge >= 0.3 is 5.97 Å². The first kappa shape index (κ1) is 26.5. The molecule has 2 N–H and O–H groups in total. The Morgan fingerprint density at radius 1 is 1.11 bits per heavy atom. The van der Waals surface area contributed by atoms with Crippen LogP contribution in [0, 0.1) is 40.4 Å². The smallest absolute Gasteiger partial charge is 0.302 e. The van der Waals surface area contributed by atoms with Crippen molar-refractivity contribution in [2.45, 2.75) is 118 Å². The van der Waals surface area contributed by atoms with E-state index in [1.807, 2.05) is 7.05 Å². The van der Waals surface area contributed by atoms with Crippen LogP contribution < -0.4 is 10.6 Å². The molecule has 0 aromatic carbocycles. The lowest BCUT2D eigenvalue weighted by atomic mass is 9.47. The maximum atomic E-state index is 12.0. The van der Waals surface area contributed by atoms with Gasteiger partial charge in [0.2, 0.25) is 0 Å². The van der Waals surface area contributed by atoms with E-state index in [0.29, 0.717) is 23.3 Å².